The fourth-order valence-corrected chi connectivity index (χ4v) is 1.19. The Bertz CT molecular complexity index is 337. The lowest BCUT2D eigenvalue weighted by atomic mass is 10.3. The second kappa shape index (κ2) is 7.37. The Labute approximate surface area is 96.6 Å². The van der Waals surface area contributed by atoms with Crippen molar-refractivity contribution in [2.45, 2.75) is 13.3 Å². The molecule has 0 saturated carbocycles. The molecule has 0 spiro atoms. The van der Waals surface area contributed by atoms with Gasteiger partial charge in [-0.25, -0.2) is 0 Å². The molecule has 1 N–H and O–H groups in total. The summed E-state index contributed by atoms with van der Waals surface area (Å²) in [5.41, 5.74) is 0. The third kappa shape index (κ3) is 6.54. The zero-order chi connectivity index (χ0) is 12.6. The van der Waals surface area contributed by atoms with Crippen LogP contribution in [0.25, 0.3) is 0 Å². The predicted octanol–water partition coefficient (Wildman–Crippen LogP) is 0.732. The van der Waals surface area contributed by atoms with E-state index >= 15 is 0 Å². The van der Waals surface area contributed by atoms with Crippen molar-refractivity contribution in [2.24, 2.45) is 4.99 Å². The van der Waals surface area contributed by atoms with E-state index < -0.39 is 10.4 Å². The average molecular weight is 250 g/mol. The highest BCUT2D eigenvalue weighted by Gasteiger charge is 2.11. The summed E-state index contributed by atoms with van der Waals surface area (Å²) in [4.78, 5) is 6.64. The Kier molecular flexibility index (Phi) is 6.95. The minimum Gasteiger partial charge on any atom is -0.359 e. The van der Waals surface area contributed by atoms with Crippen LogP contribution in [0.1, 0.15) is 13.3 Å². The molecular weight excluding hydrogens is 232 g/mol. The summed E-state index contributed by atoms with van der Waals surface area (Å²) in [6.07, 6.45) is 2.83. The molecule has 16 heavy (non-hydrogen) atoms. The fourth-order valence-electron chi connectivity index (χ4n) is 1.19. The van der Waals surface area contributed by atoms with E-state index in [1.54, 1.807) is 0 Å². The molecule has 94 valence electrons. The van der Waals surface area contributed by atoms with Crippen LogP contribution in [0.3, 0.4) is 0 Å². The summed E-state index contributed by atoms with van der Waals surface area (Å²) in [6, 6.07) is 0. The van der Waals surface area contributed by atoms with Crippen LogP contribution in [0, 0.1) is 0 Å². The first-order chi connectivity index (χ1) is 7.44. The van der Waals surface area contributed by atoms with E-state index in [0.717, 1.165) is 33.2 Å². The molecule has 0 atom stereocenters. The molecule has 0 aromatic heterocycles. The standard InChI is InChI=1S/C8H14N2.CH4O4S/c1-3-5-8-9-6-7-10(8)4-2;1-5-6(2,3)4/h3H,1,4-7H2,2H3;1H3,(H,2,3,4). The summed E-state index contributed by atoms with van der Waals surface area (Å²) in [6.45, 7) is 8.98. The highest BCUT2D eigenvalue weighted by Crippen LogP contribution is 2.03. The first-order valence-corrected chi connectivity index (χ1v) is 6.23. The Hall–Kier alpha value is -0.920. The first kappa shape index (κ1) is 15.1. The minimum absolute atomic E-state index is 0.870. The summed E-state index contributed by atoms with van der Waals surface area (Å²) in [7, 11) is -3.29. The third-order valence-electron chi connectivity index (χ3n) is 1.95. The molecule has 1 rings (SSSR count). The third-order valence-corrected chi connectivity index (χ3v) is 2.37. The van der Waals surface area contributed by atoms with Crippen molar-refractivity contribution in [2.75, 3.05) is 26.7 Å². The molecule has 0 saturated heterocycles. The van der Waals surface area contributed by atoms with Crippen LogP contribution in [0.5, 0.6) is 0 Å². The molecule has 0 aromatic rings. The van der Waals surface area contributed by atoms with Gasteiger partial charge in [0.05, 0.1) is 13.7 Å². The molecule has 7 heteroatoms. The quantitative estimate of drug-likeness (QED) is 0.588. The van der Waals surface area contributed by atoms with Gasteiger partial charge >= 0.3 is 10.4 Å². The van der Waals surface area contributed by atoms with E-state index in [2.05, 4.69) is 27.6 Å². The number of hydrogen-bond acceptors (Lipinski definition) is 5. The van der Waals surface area contributed by atoms with Crippen LogP contribution < -0.4 is 0 Å². The second-order valence-corrected chi connectivity index (χ2v) is 4.15. The molecule has 0 amide bonds. The largest absolute Gasteiger partial charge is 0.397 e. The van der Waals surface area contributed by atoms with Gasteiger partial charge in [0, 0.05) is 19.5 Å². The van der Waals surface area contributed by atoms with Crippen molar-refractivity contribution >= 4 is 16.2 Å². The molecule has 0 bridgehead atoms. The monoisotopic (exact) mass is 250 g/mol. The van der Waals surface area contributed by atoms with Gasteiger partial charge in [-0.2, -0.15) is 8.42 Å². The van der Waals surface area contributed by atoms with E-state index in [4.69, 9.17) is 4.55 Å². The van der Waals surface area contributed by atoms with Crippen molar-refractivity contribution in [3.05, 3.63) is 12.7 Å². The zero-order valence-corrected chi connectivity index (χ0v) is 10.4. The lowest BCUT2D eigenvalue weighted by molar-refractivity contribution is 0.324. The van der Waals surface area contributed by atoms with Crippen LogP contribution >= 0.6 is 0 Å². The Morgan fingerprint density at radius 3 is 2.62 bits per heavy atom. The normalized spacial score (nSPS) is 15.2. The highest BCUT2D eigenvalue weighted by atomic mass is 32.3. The van der Waals surface area contributed by atoms with Crippen molar-refractivity contribution in [1.82, 2.24) is 4.90 Å². The highest BCUT2D eigenvalue weighted by molar-refractivity contribution is 7.80. The average Bonchev–Trinajstić information content (AvgIpc) is 2.66. The van der Waals surface area contributed by atoms with E-state index in [1.807, 2.05) is 6.08 Å². The van der Waals surface area contributed by atoms with E-state index in [9.17, 15) is 8.42 Å². The molecule has 0 aliphatic carbocycles. The van der Waals surface area contributed by atoms with Gasteiger partial charge in [-0.3, -0.25) is 13.7 Å². The zero-order valence-electron chi connectivity index (χ0n) is 9.59. The minimum atomic E-state index is -4.16. The summed E-state index contributed by atoms with van der Waals surface area (Å²) >= 11 is 0. The maximum absolute atomic E-state index is 9.33. The Morgan fingerprint density at radius 1 is 1.69 bits per heavy atom. The molecular formula is C9H18N2O4S. The van der Waals surface area contributed by atoms with Crippen LogP contribution in [-0.2, 0) is 14.6 Å². The van der Waals surface area contributed by atoms with E-state index in [-0.39, 0.29) is 0 Å². The number of likely N-dealkylation sites (N-methyl/N-ethyl adjacent to an activating group) is 1. The van der Waals surface area contributed by atoms with Gasteiger partial charge in [-0.15, -0.1) is 6.58 Å². The number of hydrogen-bond donors (Lipinski definition) is 1. The molecule has 0 unspecified atom stereocenters. The SMILES string of the molecule is C=CCC1=NCCN1CC.COS(=O)(=O)O. The van der Waals surface area contributed by atoms with Gasteiger partial charge in [0.25, 0.3) is 0 Å². The van der Waals surface area contributed by atoms with Crippen molar-refractivity contribution < 1.29 is 17.2 Å². The number of nitrogens with zero attached hydrogens (tertiary/aromatic N) is 2. The van der Waals surface area contributed by atoms with Crippen LogP contribution in [0.15, 0.2) is 17.6 Å². The van der Waals surface area contributed by atoms with E-state index in [0.29, 0.717) is 0 Å². The Morgan fingerprint density at radius 2 is 2.25 bits per heavy atom. The molecule has 0 radical (unpaired) electrons. The maximum Gasteiger partial charge on any atom is 0.397 e. The predicted molar refractivity (Wildman–Crippen MR) is 62.9 cm³/mol. The van der Waals surface area contributed by atoms with Crippen molar-refractivity contribution in [1.29, 1.82) is 0 Å². The number of rotatable bonds is 4. The maximum atomic E-state index is 9.33. The summed E-state index contributed by atoms with van der Waals surface area (Å²) in [5, 5.41) is 0. The fraction of sp³-hybridized carbons (Fsp3) is 0.667. The van der Waals surface area contributed by atoms with Crippen LogP contribution in [0.2, 0.25) is 0 Å². The lowest BCUT2D eigenvalue weighted by Gasteiger charge is -2.16. The van der Waals surface area contributed by atoms with Crippen molar-refractivity contribution in [3.8, 4) is 0 Å². The van der Waals surface area contributed by atoms with Gasteiger partial charge in [0.1, 0.15) is 5.84 Å². The molecule has 6 nitrogen and oxygen atoms in total. The summed E-state index contributed by atoms with van der Waals surface area (Å²) < 4.78 is 29.7. The van der Waals surface area contributed by atoms with Crippen molar-refractivity contribution in [3.63, 3.8) is 0 Å². The lowest BCUT2D eigenvalue weighted by Crippen LogP contribution is -2.26. The molecule has 1 aliphatic rings. The molecule has 1 aliphatic heterocycles. The first-order valence-electron chi connectivity index (χ1n) is 4.86. The van der Waals surface area contributed by atoms with Gasteiger partial charge in [0.15, 0.2) is 0 Å². The van der Waals surface area contributed by atoms with Gasteiger partial charge in [0.2, 0.25) is 0 Å². The van der Waals surface area contributed by atoms with Gasteiger partial charge < -0.3 is 4.90 Å². The van der Waals surface area contributed by atoms with Gasteiger partial charge in [-0.05, 0) is 6.92 Å². The Balaban J connectivity index is 0.000000325. The van der Waals surface area contributed by atoms with Crippen LogP contribution in [0.4, 0.5) is 0 Å². The smallest absolute Gasteiger partial charge is 0.359 e. The molecule has 0 aromatic carbocycles. The van der Waals surface area contributed by atoms with Crippen LogP contribution in [-0.4, -0.2) is 50.5 Å². The van der Waals surface area contributed by atoms with Gasteiger partial charge in [-0.1, -0.05) is 6.08 Å². The topological polar surface area (TPSA) is 79.2 Å². The molecule has 1 heterocycles. The number of aliphatic imine (C=N–C) groups is 1. The summed E-state index contributed by atoms with van der Waals surface area (Å²) in [5.74, 6) is 1.21. The molecule has 0 fully saturated rings. The second-order valence-electron chi connectivity index (χ2n) is 2.96. The number of amidine groups is 1. The van der Waals surface area contributed by atoms with E-state index in [1.165, 1.54) is 5.84 Å².